The molecule has 1 rings (SSSR count). The molecule has 2 N–H and O–H groups in total. The first-order chi connectivity index (χ1) is 9.79. The first-order valence-corrected chi connectivity index (χ1v) is 7.09. The summed E-state index contributed by atoms with van der Waals surface area (Å²) in [5.41, 5.74) is 3.65. The minimum atomic E-state index is -0.905. The molecule has 1 unspecified atom stereocenters. The van der Waals surface area contributed by atoms with Gasteiger partial charge in [0, 0.05) is 19.6 Å². The molecule has 0 fully saturated rings. The first kappa shape index (κ1) is 17.0. The molecule has 116 valence electrons. The number of rotatable bonds is 6. The van der Waals surface area contributed by atoms with Crippen LogP contribution in [0.4, 0.5) is 4.79 Å². The van der Waals surface area contributed by atoms with E-state index in [-0.39, 0.29) is 25.0 Å². The number of carbonyl (C=O) groups excluding carboxylic acids is 1. The van der Waals surface area contributed by atoms with Gasteiger partial charge in [-0.15, -0.1) is 0 Å². The molecule has 5 heteroatoms. The van der Waals surface area contributed by atoms with Gasteiger partial charge < -0.3 is 15.3 Å². The van der Waals surface area contributed by atoms with Crippen molar-refractivity contribution in [3.05, 3.63) is 34.9 Å². The van der Waals surface area contributed by atoms with Gasteiger partial charge in [-0.3, -0.25) is 4.79 Å². The summed E-state index contributed by atoms with van der Waals surface area (Å²) in [5.74, 6) is -0.905. The van der Waals surface area contributed by atoms with Crippen molar-refractivity contribution in [3.8, 4) is 0 Å². The maximum Gasteiger partial charge on any atom is 0.317 e. The molecule has 0 saturated carbocycles. The van der Waals surface area contributed by atoms with Crippen molar-refractivity contribution in [3.63, 3.8) is 0 Å². The van der Waals surface area contributed by atoms with Gasteiger partial charge in [-0.2, -0.15) is 0 Å². The van der Waals surface area contributed by atoms with Gasteiger partial charge in [-0.1, -0.05) is 23.8 Å². The lowest BCUT2D eigenvalue weighted by Crippen LogP contribution is -2.43. The van der Waals surface area contributed by atoms with Gasteiger partial charge in [0.2, 0.25) is 0 Å². The standard InChI is InChI=1S/C16H24N2O3/c1-11-5-6-14(12(2)9-11)10-13(3)17-16(21)18(4)8-7-15(19)20/h5-6,9,13H,7-8,10H2,1-4H3,(H,17,21)(H,19,20). The first-order valence-electron chi connectivity index (χ1n) is 7.09. The lowest BCUT2D eigenvalue weighted by atomic mass is 10.00. The minimum Gasteiger partial charge on any atom is -0.481 e. The third kappa shape index (κ3) is 5.85. The second-order valence-electron chi connectivity index (χ2n) is 5.55. The van der Waals surface area contributed by atoms with E-state index in [1.165, 1.54) is 21.6 Å². The molecule has 0 aliphatic heterocycles. The average Bonchev–Trinajstić information content (AvgIpc) is 2.39. The van der Waals surface area contributed by atoms with Gasteiger partial charge >= 0.3 is 12.0 Å². The highest BCUT2D eigenvalue weighted by molar-refractivity contribution is 5.75. The van der Waals surface area contributed by atoms with E-state index in [0.717, 1.165) is 6.42 Å². The molecular formula is C16H24N2O3. The van der Waals surface area contributed by atoms with Crippen LogP contribution in [-0.2, 0) is 11.2 Å². The lowest BCUT2D eigenvalue weighted by Gasteiger charge is -2.21. The predicted molar refractivity (Wildman–Crippen MR) is 82.5 cm³/mol. The Labute approximate surface area is 126 Å². The number of amides is 2. The van der Waals surface area contributed by atoms with Gasteiger partial charge in [0.1, 0.15) is 0 Å². The molecular weight excluding hydrogens is 268 g/mol. The number of nitrogens with one attached hydrogen (secondary N) is 1. The van der Waals surface area contributed by atoms with Crippen molar-refractivity contribution >= 4 is 12.0 Å². The summed E-state index contributed by atoms with van der Waals surface area (Å²) in [4.78, 5) is 23.8. The van der Waals surface area contributed by atoms with Crippen LogP contribution in [0.2, 0.25) is 0 Å². The van der Waals surface area contributed by atoms with Gasteiger partial charge in [-0.25, -0.2) is 4.79 Å². The fourth-order valence-corrected chi connectivity index (χ4v) is 2.14. The van der Waals surface area contributed by atoms with E-state index in [0.29, 0.717) is 0 Å². The summed E-state index contributed by atoms with van der Waals surface area (Å²) in [6, 6.07) is 6.03. The third-order valence-electron chi connectivity index (χ3n) is 3.40. The van der Waals surface area contributed by atoms with E-state index in [1.54, 1.807) is 7.05 Å². The van der Waals surface area contributed by atoms with Crippen molar-refractivity contribution < 1.29 is 14.7 Å². The second kappa shape index (κ2) is 7.67. The highest BCUT2D eigenvalue weighted by atomic mass is 16.4. The maximum absolute atomic E-state index is 11.9. The number of hydrogen-bond donors (Lipinski definition) is 2. The Kier molecular flexibility index (Phi) is 6.21. The maximum atomic E-state index is 11.9. The largest absolute Gasteiger partial charge is 0.481 e. The monoisotopic (exact) mass is 292 g/mol. The van der Waals surface area contributed by atoms with Crippen molar-refractivity contribution in [1.29, 1.82) is 0 Å². The minimum absolute atomic E-state index is 0.00816. The van der Waals surface area contributed by atoms with Crippen molar-refractivity contribution in [2.45, 2.75) is 39.7 Å². The van der Waals surface area contributed by atoms with Crippen molar-refractivity contribution in [2.24, 2.45) is 0 Å². The van der Waals surface area contributed by atoms with E-state index in [2.05, 4.69) is 37.4 Å². The smallest absolute Gasteiger partial charge is 0.317 e. The molecule has 1 aromatic carbocycles. The molecule has 5 nitrogen and oxygen atoms in total. The molecule has 1 atom stereocenters. The summed E-state index contributed by atoms with van der Waals surface area (Å²) >= 11 is 0. The summed E-state index contributed by atoms with van der Waals surface area (Å²) in [6.07, 6.45) is 0.708. The van der Waals surface area contributed by atoms with Crippen LogP contribution < -0.4 is 5.32 Å². The Balaban J connectivity index is 2.50. The molecule has 0 heterocycles. The Morgan fingerprint density at radius 1 is 1.33 bits per heavy atom. The normalized spacial score (nSPS) is 11.8. The Morgan fingerprint density at radius 3 is 2.57 bits per heavy atom. The lowest BCUT2D eigenvalue weighted by molar-refractivity contribution is -0.137. The van der Waals surface area contributed by atoms with Crippen LogP contribution in [0.3, 0.4) is 0 Å². The fraction of sp³-hybridized carbons (Fsp3) is 0.500. The zero-order valence-corrected chi connectivity index (χ0v) is 13.1. The van der Waals surface area contributed by atoms with Crippen molar-refractivity contribution in [2.75, 3.05) is 13.6 Å². The van der Waals surface area contributed by atoms with Crippen LogP contribution >= 0.6 is 0 Å². The number of benzene rings is 1. The molecule has 21 heavy (non-hydrogen) atoms. The number of carboxylic acids is 1. The zero-order chi connectivity index (χ0) is 16.0. The Hall–Kier alpha value is -2.04. The number of carbonyl (C=O) groups is 2. The number of carboxylic acid groups (broad SMARTS) is 1. The molecule has 0 aromatic heterocycles. The number of aryl methyl sites for hydroxylation is 2. The Morgan fingerprint density at radius 2 is 2.00 bits per heavy atom. The van der Waals surface area contributed by atoms with E-state index >= 15 is 0 Å². The SMILES string of the molecule is Cc1ccc(CC(C)NC(=O)N(C)CCC(=O)O)c(C)c1. The Bertz CT molecular complexity index is 514. The third-order valence-corrected chi connectivity index (χ3v) is 3.40. The number of hydrogen-bond acceptors (Lipinski definition) is 2. The van der Waals surface area contributed by atoms with E-state index in [4.69, 9.17) is 5.11 Å². The molecule has 0 radical (unpaired) electrons. The molecule has 0 spiro atoms. The summed E-state index contributed by atoms with van der Waals surface area (Å²) in [7, 11) is 1.60. The summed E-state index contributed by atoms with van der Waals surface area (Å²) < 4.78 is 0. The quantitative estimate of drug-likeness (QED) is 0.845. The summed E-state index contributed by atoms with van der Waals surface area (Å²) in [6.45, 7) is 6.27. The molecule has 0 saturated heterocycles. The van der Waals surface area contributed by atoms with Gasteiger partial charge in [-0.05, 0) is 38.3 Å². The molecule has 0 bridgehead atoms. The van der Waals surface area contributed by atoms with Crippen molar-refractivity contribution in [1.82, 2.24) is 10.2 Å². The molecule has 0 aliphatic carbocycles. The zero-order valence-electron chi connectivity index (χ0n) is 13.1. The highest BCUT2D eigenvalue weighted by Crippen LogP contribution is 2.12. The van der Waals surface area contributed by atoms with Gasteiger partial charge in [0.05, 0.1) is 6.42 Å². The van der Waals surface area contributed by atoms with E-state index < -0.39 is 5.97 Å². The number of urea groups is 1. The fourth-order valence-electron chi connectivity index (χ4n) is 2.14. The number of aliphatic carboxylic acids is 1. The van der Waals surface area contributed by atoms with Crippen LogP contribution in [0, 0.1) is 13.8 Å². The van der Waals surface area contributed by atoms with Gasteiger partial charge in [0.15, 0.2) is 0 Å². The molecule has 0 aliphatic rings. The van der Waals surface area contributed by atoms with Crippen LogP contribution in [0.5, 0.6) is 0 Å². The average molecular weight is 292 g/mol. The topological polar surface area (TPSA) is 69.6 Å². The molecule has 2 amide bonds. The number of nitrogens with zero attached hydrogens (tertiary/aromatic N) is 1. The second-order valence-corrected chi connectivity index (χ2v) is 5.55. The van der Waals surface area contributed by atoms with E-state index in [9.17, 15) is 9.59 Å². The summed E-state index contributed by atoms with van der Waals surface area (Å²) in [5, 5.41) is 11.5. The van der Waals surface area contributed by atoms with E-state index in [1.807, 2.05) is 6.92 Å². The molecule has 1 aromatic rings. The highest BCUT2D eigenvalue weighted by Gasteiger charge is 2.14. The van der Waals surface area contributed by atoms with Crippen LogP contribution in [0.1, 0.15) is 30.0 Å². The van der Waals surface area contributed by atoms with Crippen LogP contribution in [-0.4, -0.2) is 41.6 Å². The predicted octanol–water partition coefficient (Wildman–Crippen LogP) is 2.35. The van der Waals surface area contributed by atoms with Crippen LogP contribution in [0.15, 0.2) is 18.2 Å². The van der Waals surface area contributed by atoms with Gasteiger partial charge in [0.25, 0.3) is 0 Å². The van der Waals surface area contributed by atoms with Crippen LogP contribution in [0.25, 0.3) is 0 Å².